The van der Waals surface area contributed by atoms with E-state index >= 15 is 0 Å². The molecule has 0 aliphatic rings. The molecule has 5 rings (SSSR count). The SMILES string of the molecule is Cc1ccc([C@H](C)NC(=O)c2cc(C#N)cnc2NCc2ccc(-c3ccc4ncnc(N)c4c3)s2)cc1. The molecule has 0 unspecified atom stereocenters. The zero-order chi connectivity index (χ0) is 26.6. The molecule has 9 heteroatoms. The molecule has 188 valence electrons. The van der Waals surface area contributed by atoms with E-state index in [2.05, 4.69) is 31.7 Å². The summed E-state index contributed by atoms with van der Waals surface area (Å²) in [5, 5.41) is 16.5. The van der Waals surface area contributed by atoms with Gasteiger partial charge in [-0.25, -0.2) is 15.0 Å². The molecule has 0 saturated heterocycles. The second-order valence-corrected chi connectivity index (χ2v) is 10.1. The number of nitrogens with one attached hydrogen (secondary N) is 2. The van der Waals surface area contributed by atoms with Crippen molar-refractivity contribution in [3.05, 3.63) is 100 Å². The van der Waals surface area contributed by atoms with Gasteiger partial charge in [-0.1, -0.05) is 35.9 Å². The van der Waals surface area contributed by atoms with Crippen LogP contribution in [0.3, 0.4) is 0 Å². The monoisotopic (exact) mass is 519 g/mol. The van der Waals surface area contributed by atoms with Gasteiger partial charge in [-0.05, 0) is 55.3 Å². The number of nitrogens with two attached hydrogens (primary N) is 1. The molecule has 0 aliphatic heterocycles. The molecule has 0 spiro atoms. The predicted octanol–water partition coefficient (Wildman–Crippen LogP) is 5.62. The summed E-state index contributed by atoms with van der Waals surface area (Å²) in [5.41, 5.74) is 10.7. The highest BCUT2D eigenvalue weighted by Crippen LogP contribution is 2.31. The zero-order valence-electron chi connectivity index (χ0n) is 20.9. The molecule has 4 N–H and O–H groups in total. The molecular weight excluding hydrogens is 494 g/mol. The second kappa shape index (κ2) is 10.7. The van der Waals surface area contributed by atoms with Gasteiger partial charge in [0, 0.05) is 21.3 Å². The quantitative estimate of drug-likeness (QED) is 0.254. The van der Waals surface area contributed by atoms with Crippen molar-refractivity contribution in [3.63, 3.8) is 0 Å². The summed E-state index contributed by atoms with van der Waals surface area (Å²) in [6.07, 6.45) is 2.92. The molecule has 0 aliphatic carbocycles. The fourth-order valence-corrected chi connectivity index (χ4v) is 5.03. The molecule has 0 bridgehead atoms. The average Bonchev–Trinajstić information content (AvgIpc) is 3.41. The predicted molar refractivity (Wildman–Crippen MR) is 151 cm³/mol. The van der Waals surface area contributed by atoms with Crippen LogP contribution in [0, 0.1) is 18.3 Å². The number of fused-ring (bicyclic) bond motifs is 1. The Morgan fingerprint density at radius 2 is 1.89 bits per heavy atom. The van der Waals surface area contributed by atoms with E-state index < -0.39 is 0 Å². The fourth-order valence-electron chi connectivity index (χ4n) is 4.08. The van der Waals surface area contributed by atoms with E-state index in [4.69, 9.17) is 5.73 Å². The normalized spacial score (nSPS) is 11.6. The highest BCUT2D eigenvalue weighted by molar-refractivity contribution is 7.15. The van der Waals surface area contributed by atoms with E-state index in [0.717, 1.165) is 37.3 Å². The van der Waals surface area contributed by atoms with Gasteiger partial charge in [-0.15, -0.1) is 11.3 Å². The average molecular weight is 520 g/mol. The van der Waals surface area contributed by atoms with Gasteiger partial charge in [-0.2, -0.15) is 5.26 Å². The van der Waals surface area contributed by atoms with Gasteiger partial charge in [0.2, 0.25) is 0 Å². The summed E-state index contributed by atoms with van der Waals surface area (Å²) >= 11 is 1.63. The summed E-state index contributed by atoms with van der Waals surface area (Å²) in [7, 11) is 0. The van der Waals surface area contributed by atoms with E-state index in [-0.39, 0.29) is 11.9 Å². The van der Waals surface area contributed by atoms with Gasteiger partial charge in [0.25, 0.3) is 5.91 Å². The van der Waals surface area contributed by atoms with Gasteiger partial charge in [-0.3, -0.25) is 4.79 Å². The zero-order valence-corrected chi connectivity index (χ0v) is 21.7. The molecule has 1 atom stereocenters. The number of hydrogen-bond acceptors (Lipinski definition) is 8. The number of hydrogen-bond donors (Lipinski definition) is 3. The molecule has 2 aromatic carbocycles. The first-order valence-electron chi connectivity index (χ1n) is 12.0. The molecule has 0 saturated carbocycles. The van der Waals surface area contributed by atoms with Gasteiger partial charge >= 0.3 is 0 Å². The van der Waals surface area contributed by atoms with Crippen molar-refractivity contribution in [3.8, 4) is 16.5 Å². The number of rotatable bonds is 7. The highest BCUT2D eigenvalue weighted by atomic mass is 32.1. The third-order valence-electron chi connectivity index (χ3n) is 6.23. The molecule has 5 aromatic rings. The number of carbonyl (C=O) groups excluding carboxylic acids is 1. The Hall–Kier alpha value is -4.81. The van der Waals surface area contributed by atoms with E-state index in [0.29, 0.717) is 29.3 Å². The molecule has 38 heavy (non-hydrogen) atoms. The number of aryl methyl sites for hydroxylation is 1. The number of anilines is 2. The van der Waals surface area contributed by atoms with Crippen LogP contribution in [0.1, 0.15) is 44.9 Å². The molecule has 1 amide bonds. The fraction of sp³-hybridized carbons (Fsp3) is 0.138. The number of nitrogen functional groups attached to an aromatic ring is 1. The van der Waals surface area contributed by atoms with Crippen molar-refractivity contribution >= 4 is 39.8 Å². The first kappa shape index (κ1) is 24.9. The number of aromatic nitrogens is 3. The summed E-state index contributed by atoms with van der Waals surface area (Å²) in [5.74, 6) is 0.570. The van der Waals surface area contributed by atoms with Crippen molar-refractivity contribution in [1.82, 2.24) is 20.3 Å². The van der Waals surface area contributed by atoms with Crippen LogP contribution in [0.15, 0.2) is 73.2 Å². The van der Waals surface area contributed by atoms with Crippen molar-refractivity contribution in [2.75, 3.05) is 11.1 Å². The molecular formula is C29H25N7OS. The van der Waals surface area contributed by atoms with Gasteiger partial charge in [0.15, 0.2) is 0 Å². The van der Waals surface area contributed by atoms with Crippen LogP contribution in [0.4, 0.5) is 11.6 Å². The lowest BCUT2D eigenvalue weighted by atomic mass is 10.1. The van der Waals surface area contributed by atoms with Crippen molar-refractivity contribution in [2.45, 2.75) is 26.4 Å². The standard InChI is InChI=1S/C29H25N7OS/c1-17-3-5-20(6-4-17)18(2)36-29(37)24-11-19(13-30)14-32-28(24)33-15-22-8-10-26(38-22)21-7-9-25-23(12-21)27(31)35-16-34-25/h3-12,14,16,18H,15H2,1-2H3,(H,32,33)(H,36,37)(H2,31,34,35)/t18-/m0/s1. The Labute approximate surface area is 224 Å². The Bertz CT molecular complexity index is 1670. The smallest absolute Gasteiger partial charge is 0.255 e. The van der Waals surface area contributed by atoms with E-state index in [9.17, 15) is 10.1 Å². The Kier molecular flexibility index (Phi) is 6.98. The first-order valence-corrected chi connectivity index (χ1v) is 12.8. The Balaban J connectivity index is 1.33. The lowest BCUT2D eigenvalue weighted by Crippen LogP contribution is -2.27. The van der Waals surface area contributed by atoms with E-state index in [1.165, 1.54) is 12.5 Å². The second-order valence-electron chi connectivity index (χ2n) is 8.95. The molecule has 3 heterocycles. The number of pyridine rings is 1. The lowest BCUT2D eigenvalue weighted by Gasteiger charge is -2.16. The van der Waals surface area contributed by atoms with Gasteiger partial charge in [0.05, 0.1) is 29.2 Å². The molecule has 3 aromatic heterocycles. The Morgan fingerprint density at radius 3 is 2.68 bits per heavy atom. The van der Waals surface area contributed by atoms with Crippen LogP contribution in [-0.4, -0.2) is 20.9 Å². The van der Waals surface area contributed by atoms with Crippen molar-refractivity contribution in [1.29, 1.82) is 5.26 Å². The first-order chi connectivity index (χ1) is 18.4. The highest BCUT2D eigenvalue weighted by Gasteiger charge is 2.17. The number of thiophene rings is 1. The minimum atomic E-state index is -0.298. The number of nitriles is 1. The lowest BCUT2D eigenvalue weighted by molar-refractivity contribution is 0.0940. The molecule has 8 nitrogen and oxygen atoms in total. The van der Waals surface area contributed by atoms with Crippen LogP contribution in [0.5, 0.6) is 0 Å². The maximum absolute atomic E-state index is 13.2. The number of amides is 1. The summed E-state index contributed by atoms with van der Waals surface area (Å²) in [6.45, 7) is 4.42. The molecule has 0 radical (unpaired) electrons. The maximum Gasteiger partial charge on any atom is 0.255 e. The number of benzene rings is 2. The van der Waals surface area contributed by atoms with Gasteiger partial charge in [0.1, 0.15) is 24.0 Å². The summed E-state index contributed by atoms with van der Waals surface area (Å²) in [6, 6.07) is 21.5. The van der Waals surface area contributed by atoms with Gasteiger partial charge < -0.3 is 16.4 Å². The largest absolute Gasteiger partial charge is 0.383 e. The number of nitrogens with zero attached hydrogens (tertiary/aromatic N) is 4. The van der Waals surface area contributed by atoms with Crippen molar-refractivity contribution in [2.24, 2.45) is 0 Å². The van der Waals surface area contributed by atoms with Crippen LogP contribution in [0.2, 0.25) is 0 Å². The van der Waals surface area contributed by atoms with Crippen LogP contribution in [0.25, 0.3) is 21.3 Å². The minimum Gasteiger partial charge on any atom is -0.383 e. The molecule has 0 fully saturated rings. The third kappa shape index (κ3) is 5.31. The van der Waals surface area contributed by atoms with E-state index in [1.807, 2.05) is 68.4 Å². The van der Waals surface area contributed by atoms with Crippen LogP contribution >= 0.6 is 11.3 Å². The van der Waals surface area contributed by atoms with Crippen LogP contribution in [-0.2, 0) is 6.54 Å². The summed E-state index contributed by atoms with van der Waals surface area (Å²) in [4.78, 5) is 28.0. The van der Waals surface area contributed by atoms with E-state index in [1.54, 1.807) is 17.4 Å². The minimum absolute atomic E-state index is 0.206. The topological polar surface area (TPSA) is 130 Å². The van der Waals surface area contributed by atoms with Crippen molar-refractivity contribution < 1.29 is 4.79 Å². The Morgan fingerprint density at radius 1 is 1.08 bits per heavy atom. The maximum atomic E-state index is 13.2. The summed E-state index contributed by atoms with van der Waals surface area (Å²) < 4.78 is 0. The third-order valence-corrected chi connectivity index (χ3v) is 7.36. The number of carbonyl (C=O) groups is 1. The van der Waals surface area contributed by atoms with Crippen LogP contribution < -0.4 is 16.4 Å².